The van der Waals surface area contributed by atoms with Crippen molar-refractivity contribution in [3.8, 4) is 0 Å². The van der Waals surface area contributed by atoms with Crippen LogP contribution in [0.2, 0.25) is 0 Å². The average molecular weight is 273 g/mol. The molecule has 0 aliphatic heterocycles. The molecule has 0 bridgehead atoms. The highest BCUT2D eigenvalue weighted by Crippen LogP contribution is 2.26. The molecule has 0 unspecified atom stereocenters. The monoisotopic (exact) mass is 272 g/mol. The number of halogens is 2. The third kappa shape index (κ3) is 1.41. The zero-order valence-corrected chi connectivity index (χ0v) is 9.25. The van der Waals surface area contributed by atoms with Crippen molar-refractivity contribution in [2.24, 2.45) is 7.05 Å². The van der Waals surface area contributed by atoms with E-state index in [1.165, 1.54) is 16.8 Å². The Kier molecular flexibility index (Phi) is 2.22. The molecule has 2 rings (SSSR count). The summed E-state index contributed by atoms with van der Waals surface area (Å²) in [6.07, 6.45) is 0. The molecule has 1 heterocycles. The van der Waals surface area contributed by atoms with Crippen LogP contribution in [0, 0.1) is 5.82 Å². The van der Waals surface area contributed by atoms with Crippen LogP contribution in [-0.2, 0) is 7.05 Å². The van der Waals surface area contributed by atoms with Crippen LogP contribution in [0.4, 0.5) is 4.39 Å². The molecule has 2 aromatic rings. The third-order valence-corrected chi connectivity index (χ3v) is 3.04. The van der Waals surface area contributed by atoms with E-state index >= 15 is 0 Å². The Bertz CT molecular complexity index is 565. The Morgan fingerprint density at radius 2 is 2.27 bits per heavy atom. The number of fused-ring (bicyclic) bond motifs is 1. The van der Waals surface area contributed by atoms with E-state index in [4.69, 9.17) is 5.11 Å². The van der Waals surface area contributed by atoms with Gasteiger partial charge >= 0.3 is 5.97 Å². The Labute approximate surface area is 92.4 Å². The zero-order valence-electron chi connectivity index (χ0n) is 7.66. The number of carbonyl (C=O) groups is 1. The number of benzene rings is 1. The maximum atomic E-state index is 13.6. The molecular weight excluding hydrogens is 267 g/mol. The van der Waals surface area contributed by atoms with Crippen molar-refractivity contribution in [1.82, 2.24) is 9.78 Å². The van der Waals surface area contributed by atoms with Gasteiger partial charge in [-0.15, -0.1) is 0 Å². The summed E-state index contributed by atoms with van der Waals surface area (Å²) in [5.41, 5.74) is -0.308. The SMILES string of the molecule is Cn1nc2c(F)c(C(=O)O)ccc2c1Br. The molecule has 0 fully saturated rings. The standard InChI is InChI=1S/C9H6BrFN2O2/c1-13-8(10)5-3-2-4(9(14)15)6(11)7(5)12-13/h2-3H,1H3,(H,14,15). The topological polar surface area (TPSA) is 55.1 Å². The van der Waals surface area contributed by atoms with Crippen molar-refractivity contribution in [2.75, 3.05) is 0 Å². The number of hydrogen-bond acceptors (Lipinski definition) is 2. The Morgan fingerprint density at radius 1 is 1.60 bits per heavy atom. The Balaban J connectivity index is 2.85. The molecule has 1 aromatic heterocycles. The minimum atomic E-state index is -1.30. The molecule has 0 radical (unpaired) electrons. The van der Waals surface area contributed by atoms with Gasteiger partial charge in [-0.05, 0) is 28.1 Å². The first-order valence-electron chi connectivity index (χ1n) is 4.06. The molecule has 0 saturated heterocycles. The summed E-state index contributed by atoms with van der Waals surface area (Å²) in [6.45, 7) is 0. The van der Waals surface area contributed by atoms with E-state index < -0.39 is 11.8 Å². The number of carboxylic acids is 1. The van der Waals surface area contributed by atoms with Gasteiger partial charge in [-0.2, -0.15) is 5.10 Å². The van der Waals surface area contributed by atoms with Gasteiger partial charge in [0.25, 0.3) is 0 Å². The van der Waals surface area contributed by atoms with Gasteiger partial charge < -0.3 is 5.11 Å². The minimum Gasteiger partial charge on any atom is -0.478 e. The van der Waals surface area contributed by atoms with E-state index in [9.17, 15) is 9.18 Å². The Hall–Kier alpha value is -1.43. The Morgan fingerprint density at radius 3 is 2.87 bits per heavy atom. The van der Waals surface area contributed by atoms with Crippen molar-refractivity contribution in [1.29, 1.82) is 0 Å². The van der Waals surface area contributed by atoms with Crippen molar-refractivity contribution in [3.05, 3.63) is 28.1 Å². The van der Waals surface area contributed by atoms with Crippen LogP contribution in [0.1, 0.15) is 10.4 Å². The molecule has 1 N–H and O–H groups in total. The second kappa shape index (κ2) is 3.30. The van der Waals surface area contributed by atoms with Crippen LogP contribution in [0.15, 0.2) is 16.7 Å². The number of aryl methyl sites for hydroxylation is 1. The number of hydrogen-bond donors (Lipinski definition) is 1. The molecule has 4 nitrogen and oxygen atoms in total. The van der Waals surface area contributed by atoms with Gasteiger partial charge in [-0.1, -0.05) is 0 Å². The molecule has 0 aliphatic carbocycles. The summed E-state index contributed by atoms with van der Waals surface area (Å²) in [7, 11) is 1.64. The first kappa shape index (κ1) is 10.1. The number of carboxylic acid groups (broad SMARTS) is 1. The van der Waals surface area contributed by atoms with Crippen LogP contribution in [0.25, 0.3) is 10.9 Å². The van der Waals surface area contributed by atoms with E-state index in [2.05, 4.69) is 21.0 Å². The van der Waals surface area contributed by atoms with Crippen LogP contribution in [-0.4, -0.2) is 20.9 Å². The zero-order chi connectivity index (χ0) is 11.2. The molecule has 0 atom stereocenters. The van der Waals surface area contributed by atoms with E-state index in [1.54, 1.807) is 7.05 Å². The van der Waals surface area contributed by atoms with E-state index in [-0.39, 0.29) is 11.1 Å². The summed E-state index contributed by atoms with van der Waals surface area (Å²) in [6, 6.07) is 2.76. The second-order valence-electron chi connectivity index (χ2n) is 3.04. The van der Waals surface area contributed by atoms with Crippen LogP contribution in [0.5, 0.6) is 0 Å². The third-order valence-electron chi connectivity index (χ3n) is 2.10. The lowest BCUT2D eigenvalue weighted by molar-refractivity contribution is 0.0692. The van der Waals surface area contributed by atoms with E-state index in [1.807, 2.05) is 0 Å². The highest BCUT2D eigenvalue weighted by Gasteiger charge is 2.17. The maximum Gasteiger partial charge on any atom is 0.338 e. The fourth-order valence-corrected chi connectivity index (χ4v) is 1.76. The van der Waals surface area contributed by atoms with Crippen molar-refractivity contribution >= 4 is 32.8 Å². The highest BCUT2D eigenvalue weighted by molar-refractivity contribution is 9.10. The number of rotatable bonds is 1. The molecule has 15 heavy (non-hydrogen) atoms. The average Bonchev–Trinajstić information content (AvgIpc) is 2.45. The van der Waals surface area contributed by atoms with Gasteiger partial charge in [0.15, 0.2) is 5.82 Å². The van der Waals surface area contributed by atoms with Gasteiger partial charge in [0.1, 0.15) is 10.1 Å². The second-order valence-corrected chi connectivity index (χ2v) is 3.79. The van der Waals surface area contributed by atoms with Gasteiger partial charge in [0, 0.05) is 12.4 Å². The number of nitrogens with zero attached hydrogens (tertiary/aromatic N) is 2. The molecule has 0 spiro atoms. The van der Waals surface area contributed by atoms with Crippen LogP contribution in [0.3, 0.4) is 0 Å². The van der Waals surface area contributed by atoms with E-state index in [0.717, 1.165) is 0 Å². The quantitative estimate of drug-likeness (QED) is 0.866. The largest absolute Gasteiger partial charge is 0.478 e. The number of aromatic nitrogens is 2. The van der Waals surface area contributed by atoms with Crippen LogP contribution >= 0.6 is 15.9 Å². The van der Waals surface area contributed by atoms with Crippen molar-refractivity contribution in [2.45, 2.75) is 0 Å². The number of aromatic carboxylic acids is 1. The van der Waals surface area contributed by atoms with Crippen LogP contribution < -0.4 is 0 Å². The normalized spacial score (nSPS) is 10.9. The summed E-state index contributed by atoms with van der Waals surface area (Å²) < 4.78 is 15.7. The smallest absolute Gasteiger partial charge is 0.338 e. The summed E-state index contributed by atoms with van der Waals surface area (Å²) in [4.78, 5) is 10.7. The lowest BCUT2D eigenvalue weighted by Gasteiger charge is -1.96. The predicted molar refractivity (Wildman–Crippen MR) is 55.3 cm³/mol. The van der Waals surface area contributed by atoms with Crippen molar-refractivity contribution < 1.29 is 14.3 Å². The summed E-state index contributed by atoms with van der Waals surface area (Å²) in [5.74, 6) is -2.10. The van der Waals surface area contributed by atoms with Gasteiger partial charge in [0.2, 0.25) is 0 Å². The first-order valence-corrected chi connectivity index (χ1v) is 4.85. The lowest BCUT2D eigenvalue weighted by atomic mass is 10.1. The van der Waals surface area contributed by atoms with Gasteiger partial charge in [-0.25, -0.2) is 9.18 Å². The fraction of sp³-hybridized carbons (Fsp3) is 0.111. The lowest BCUT2D eigenvalue weighted by Crippen LogP contribution is -2.00. The summed E-state index contributed by atoms with van der Waals surface area (Å²) in [5, 5.41) is 13.2. The molecule has 78 valence electrons. The predicted octanol–water partition coefficient (Wildman–Crippen LogP) is 2.17. The molecule has 0 aliphatic rings. The van der Waals surface area contributed by atoms with Crippen molar-refractivity contribution in [3.63, 3.8) is 0 Å². The molecule has 0 saturated carbocycles. The molecule has 6 heteroatoms. The van der Waals surface area contributed by atoms with E-state index in [0.29, 0.717) is 9.99 Å². The highest BCUT2D eigenvalue weighted by atomic mass is 79.9. The molecular formula is C9H6BrFN2O2. The minimum absolute atomic E-state index is 0.0595. The fourth-order valence-electron chi connectivity index (χ4n) is 1.36. The molecule has 1 aromatic carbocycles. The molecule has 0 amide bonds. The van der Waals surface area contributed by atoms with Gasteiger partial charge in [-0.3, -0.25) is 4.68 Å². The first-order chi connectivity index (χ1) is 7.02. The maximum absolute atomic E-state index is 13.6. The van der Waals surface area contributed by atoms with Gasteiger partial charge in [0.05, 0.1) is 5.56 Å². The summed E-state index contributed by atoms with van der Waals surface area (Å²) >= 11 is 3.23.